The molecule has 2 rings (SSSR count). The van der Waals surface area contributed by atoms with Crippen LogP contribution >= 0.6 is 0 Å². The van der Waals surface area contributed by atoms with E-state index >= 15 is 0 Å². The van der Waals surface area contributed by atoms with E-state index in [1.54, 1.807) is 6.08 Å². The molecule has 1 saturated heterocycles. The molecule has 0 amide bonds. The summed E-state index contributed by atoms with van der Waals surface area (Å²) in [6, 6.07) is 7.65. The molecule has 1 aromatic rings. The molecule has 1 N–H and O–H groups in total. The van der Waals surface area contributed by atoms with Gasteiger partial charge in [0, 0.05) is 12.6 Å². The summed E-state index contributed by atoms with van der Waals surface area (Å²) in [7, 11) is 1.36. The van der Waals surface area contributed by atoms with Crippen LogP contribution in [0.5, 0.6) is 5.75 Å². The summed E-state index contributed by atoms with van der Waals surface area (Å²) in [5.74, 6) is 0.506. The number of carbonyl (C=O) groups is 1. The fraction of sp³-hybridized carbons (Fsp3) is 0.357. The molecule has 1 aliphatic heterocycles. The van der Waals surface area contributed by atoms with Gasteiger partial charge in [-0.2, -0.15) is 0 Å². The van der Waals surface area contributed by atoms with Crippen molar-refractivity contribution in [3.05, 3.63) is 35.9 Å². The molecule has 1 aromatic carbocycles. The molecule has 4 heteroatoms. The zero-order valence-electron chi connectivity index (χ0n) is 10.4. The first-order valence-corrected chi connectivity index (χ1v) is 6.01. The highest BCUT2D eigenvalue weighted by atomic mass is 16.5. The number of hydrogen-bond acceptors (Lipinski definition) is 4. The summed E-state index contributed by atoms with van der Waals surface area (Å²) in [6.07, 6.45) is 4.43. The van der Waals surface area contributed by atoms with Crippen molar-refractivity contribution in [2.24, 2.45) is 0 Å². The van der Waals surface area contributed by atoms with Crippen LogP contribution < -0.4 is 10.1 Å². The Labute approximate surface area is 107 Å². The van der Waals surface area contributed by atoms with E-state index in [9.17, 15) is 4.79 Å². The zero-order valence-corrected chi connectivity index (χ0v) is 10.4. The minimum absolute atomic E-state index is 0.265. The first-order chi connectivity index (χ1) is 8.78. The van der Waals surface area contributed by atoms with Gasteiger partial charge in [0.1, 0.15) is 11.9 Å². The molecule has 0 radical (unpaired) electrons. The van der Waals surface area contributed by atoms with Crippen molar-refractivity contribution in [3.8, 4) is 5.75 Å². The number of nitrogens with one attached hydrogen (secondary N) is 1. The Morgan fingerprint density at radius 1 is 1.39 bits per heavy atom. The van der Waals surface area contributed by atoms with Crippen LogP contribution in [0.15, 0.2) is 30.3 Å². The predicted molar refractivity (Wildman–Crippen MR) is 69.4 cm³/mol. The maximum absolute atomic E-state index is 10.9. The van der Waals surface area contributed by atoms with Crippen molar-refractivity contribution in [2.75, 3.05) is 20.2 Å². The van der Waals surface area contributed by atoms with Crippen molar-refractivity contribution in [1.82, 2.24) is 5.32 Å². The van der Waals surface area contributed by atoms with Crippen molar-refractivity contribution in [2.45, 2.75) is 12.5 Å². The summed E-state index contributed by atoms with van der Waals surface area (Å²) >= 11 is 0. The monoisotopic (exact) mass is 247 g/mol. The third-order valence-electron chi connectivity index (χ3n) is 2.81. The first kappa shape index (κ1) is 12.6. The molecular weight excluding hydrogens is 230 g/mol. The second-order valence-electron chi connectivity index (χ2n) is 4.16. The third kappa shape index (κ3) is 3.60. The summed E-state index contributed by atoms with van der Waals surface area (Å²) < 4.78 is 10.3. The van der Waals surface area contributed by atoms with E-state index in [-0.39, 0.29) is 12.1 Å². The Bertz CT molecular complexity index is 419. The quantitative estimate of drug-likeness (QED) is 0.648. The lowest BCUT2D eigenvalue weighted by atomic mass is 10.2. The van der Waals surface area contributed by atoms with Gasteiger partial charge >= 0.3 is 5.97 Å². The van der Waals surface area contributed by atoms with Crippen LogP contribution in [0.2, 0.25) is 0 Å². The molecule has 1 heterocycles. The Morgan fingerprint density at radius 2 is 2.17 bits per heavy atom. The van der Waals surface area contributed by atoms with Crippen LogP contribution in [0.25, 0.3) is 6.08 Å². The maximum atomic E-state index is 10.9. The van der Waals surface area contributed by atoms with Crippen LogP contribution in [0.4, 0.5) is 0 Å². The Morgan fingerprint density at radius 3 is 2.78 bits per heavy atom. The van der Waals surface area contributed by atoms with Gasteiger partial charge in [0.2, 0.25) is 0 Å². The number of ether oxygens (including phenoxy) is 2. The second-order valence-corrected chi connectivity index (χ2v) is 4.16. The fourth-order valence-electron chi connectivity index (χ4n) is 1.81. The molecular formula is C14H17NO3. The number of methoxy groups -OCH3 is 1. The summed E-state index contributed by atoms with van der Waals surface area (Å²) in [4.78, 5) is 10.9. The van der Waals surface area contributed by atoms with Crippen molar-refractivity contribution < 1.29 is 14.3 Å². The van der Waals surface area contributed by atoms with Gasteiger partial charge in [-0.3, -0.25) is 0 Å². The van der Waals surface area contributed by atoms with Crippen LogP contribution in [0, 0.1) is 0 Å². The average molecular weight is 247 g/mol. The van der Waals surface area contributed by atoms with Crippen LogP contribution in [0.3, 0.4) is 0 Å². The number of carbonyl (C=O) groups excluding carboxylic acids is 1. The highest BCUT2D eigenvalue weighted by Gasteiger charge is 2.15. The highest BCUT2D eigenvalue weighted by molar-refractivity contribution is 5.86. The van der Waals surface area contributed by atoms with Crippen LogP contribution in [-0.4, -0.2) is 32.3 Å². The Kier molecular flexibility index (Phi) is 4.36. The lowest BCUT2D eigenvalue weighted by molar-refractivity contribution is -0.134. The SMILES string of the molecule is COC(=O)C=Cc1ccc(O[C@H]2CCNC2)cc1. The van der Waals surface area contributed by atoms with E-state index in [1.165, 1.54) is 13.2 Å². The summed E-state index contributed by atoms with van der Waals surface area (Å²) in [5.41, 5.74) is 0.942. The molecule has 96 valence electrons. The minimum atomic E-state index is -0.354. The molecule has 4 nitrogen and oxygen atoms in total. The molecule has 0 aromatic heterocycles. The highest BCUT2D eigenvalue weighted by Crippen LogP contribution is 2.16. The molecule has 0 saturated carbocycles. The molecule has 1 fully saturated rings. The van der Waals surface area contributed by atoms with Gasteiger partial charge in [-0.25, -0.2) is 4.79 Å². The summed E-state index contributed by atoms with van der Waals surface area (Å²) in [5, 5.41) is 3.26. The number of benzene rings is 1. The third-order valence-corrected chi connectivity index (χ3v) is 2.81. The van der Waals surface area contributed by atoms with Gasteiger partial charge in [-0.05, 0) is 36.7 Å². The van der Waals surface area contributed by atoms with Gasteiger partial charge in [-0.1, -0.05) is 12.1 Å². The van der Waals surface area contributed by atoms with E-state index in [0.717, 1.165) is 30.8 Å². The smallest absolute Gasteiger partial charge is 0.330 e. The van der Waals surface area contributed by atoms with Crippen molar-refractivity contribution in [3.63, 3.8) is 0 Å². The normalized spacial score (nSPS) is 19.1. The zero-order chi connectivity index (χ0) is 12.8. The fourth-order valence-corrected chi connectivity index (χ4v) is 1.81. The van der Waals surface area contributed by atoms with Gasteiger partial charge in [0.05, 0.1) is 7.11 Å². The number of hydrogen-bond donors (Lipinski definition) is 1. The van der Waals surface area contributed by atoms with Gasteiger partial charge in [0.25, 0.3) is 0 Å². The Hall–Kier alpha value is -1.81. The molecule has 0 unspecified atom stereocenters. The first-order valence-electron chi connectivity index (χ1n) is 6.01. The molecule has 18 heavy (non-hydrogen) atoms. The van der Waals surface area contributed by atoms with E-state index in [4.69, 9.17) is 4.74 Å². The average Bonchev–Trinajstić information content (AvgIpc) is 2.90. The van der Waals surface area contributed by atoms with Gasteiger partial charge in [-0.15, -0.1) is 0 Å². The predicted octanol–water partition coefficient (Wildman–Crippen LogP) is 1.61. The van der Waals surface area contributed by atoms with Gasteiger partial charge in [0.15, 0.2) is 0 Å². The van der Waals surface area contributed by atoms with E-state index < -0.39 is 0 Å². The summed E-state index contributed by atoms with van der Waals surface area (Å²) in [6.45, 7) is 1.93. The number of esters is 1. The van der Waals surface area contributed by atoms with E-state index in [2.05, 4.69) is 10.1 Å². The molecule has 0 bridgehead atoms. The van der Waals surface area contributed by atoms with Gasteiger partial charge < -0.3 is 14.8 Å². The largest absolute Gasteiger partial charge is 0.489 e. The Balaban J connectivity index is 1.92. The van der Waals surface area contributed by atoms with Crippen molar-refractivity contribution >= 4 is 12.0 Å². The molecule has 1 aliphatic rings. The molecule has 0 spiro atoms. The second kappa shape index (κ2) is 6.21. The lowest BCUT2D eigenvalue weighted by Gasteiger charge is -2.12. The minimum Gasteiger partial charge on any atom is -0.489 e. The topological polar surface area (TPSA) is 47.6 Å². The number of rotatable bonds is 4. The van der Waals surface area contributed by atoms with Crippen LogP contribution in [-0.2, 0) is 9.53 Å². The molecule has 0 aliphatic carbocycles. The maximum Gasteiger partial charge on any atom is 0.330 e. The van der Waals surface area contributed by atoms with Crippen LogP contribution in [0.1, 0.15) is 12.0 Å². The molecule has 1 atom stereocenters. The lowest BCUT2D eigenvalue weighted by Crippen LogP contribution is -2.19. The van der Waals surface area contributed by atoms with E-state index in [1.807, 2.05) is 24.3 Å². The van der Waals surface area contributed by atoms with E-state index in [0.29, 0.717) is 0 Å². The standard InChI is InChI=1S/C14H17NO3/c1-17-14(16)7-4-11-2-5-12(6-3-11)18-13-8-9-15-10-13/h2-7,13,15H,8-10H2,1H3/t13-/m0/s1. The van der Waals surface area contributed by atoms with Crippen molar-refractivity contribution in [1.29, 1.82) is 0 Å².